The van der Waals surface area contributed by atoms with Gasteiger partial charge in [-0.25, -0.2) is 9.97 Å². The van der Waals surface area contributed by atoms with Gasteiger partial charge in [0.25, 0.3) is 5.88 Å². The molecular weight excluding hydrogens is 230 g/mol. The minimum Gasteiger partial charge on any atom is -0.478 e. The standard InChI is InChI=1S/C13H15N3O2/c1-18-13-12(14-5-6-15-13)16-8-10-3-2-4-11(7-10)9-17/h2-7,17H,8-9H2,1H3,(H,14,16). The predicted molar refractivity (Wildman–Crippen MR) is 68.3 cm³/mol. The van der Waals surface area contributed by atoms with E-state index in [2.05, 4.69) is 15.3 Å². The molecule has 2 rings (SSSR count). The van der Waals surface area contributed by atoms with Gasteiger partial charge in [-0.15, -0.1) is 0 Å². The number of ether oxygens (including phenoxy) is 1. The van der Waals surface area contributed by atoms with E-state index in [0.717, 1.165) is 11.1 Å². The number of nitrogens with zero attached hydrogens (tertiary/aromatic N) is 2. The highest BCUT2D eigenvalue weighted by atomic mass is 16.5. The molecule has 18 heavy (non-hydrogen) atoms. The summed E-state index contributed by atoms with van der Waals surface area (Å²) in [5.74, 6) is 1.07. The minimum absolute atomic E-state index is 0.0440. The number of rotatable bonds is 5. The lowest BCUT2D eigenvalue weighted by atomic mass is 10.1. The van der Waals surface area contributed by atoms with Crippen LogP contribution in [0.2, 0.25) is 0 Å². The minimum atomic E-state index is 0.0440. The maximum atomic E-state index is 9.07. The molecule has 0 fully saturated rings. The number of aromatic nitrogens is 2. The second-order valence-electron chi connectivity index (χ2n) is 3.75. The van der Waals surface area contributed by atoms with Crippen molar-refractivity contribution in [2.45, 2.75) is 13.2 Å². The number of hydrogen-bond donors (Lipinski definition) is 2. The molecule has 0 aliphatic carbocycles. The summed E-state index contributed by atoms with van der Waals surface area (Å²) < 4.78 is 5.10. The first-order valence-electron chi connectivity index (χ1n) is 5.61. The largest absolute Gasteiger partial charge is 0.478 e. The van der Waals surface area contributed by atoms with E-state index in [1.807, 2.05) is 24.3 Å². The lowest BCUT2D eigenvalue weighted by molar-refractivity contribution is 0.281. The van der Waals surface area contributed by atoms with Crippen LogP contribution in [0.4, 0.5) is 5.82 Å². The van der Waals surface area contributed by atoms with Gasteiger partial charge in [-0.2, -0.15) is 0 Å². The average Bonchev–Trinajstić information content (AvgIpc) is 2.45. The molecule has 0 saturated heterocycles. The number of hydrogen-bond acceptors (Lipinski definition) is 5. The number of aliphatic hydroxyl groups is 1. The zero-order chi connectivity index (χ0) is 12.8. The van der Waals surface area contributed by atoms with Gasteiger partial charge in [-0.1, -0.05) is 24.3 Å². The number of methoxy groups -OCH3 is 1. The van der Waals surface area contributed by atoms with E-state index in [4.69, 9.17) is 9.84 Å². The number of anilines is 1. The van der Waals surface area contributed by atoms with Gasteiger partial charge < -0.3 is 15.2 Å². The number of aliphatic hydroxyl groups excluding tert-OH is 1. The van der Waals surface area contributed by atoms with Crippen LogP contribution in [0.3, 0.4) is 0 Å². The van der Waals surface area contributed by atoms with Crippen molar-refractivity contribution in [2.75, 3.05) is 12.4 Å². The molecule has 5 nitrogen and oxygen atoms in total. The Bertz CT molecular complexity index is 517. The third-order valence-electron chi connectivity index (χ3n) is 2.49. The maximum Gasteiger partial charge on any atom is 0.257 e. The smallest absolute Gasteiger partial charge is 0.257 e. The van der Waals surface area contributed by atoms with Crippen molar-refractivity contribution < 1.29 is 9.84 Å². The summed E-state index contributed by atoms with van der Waals surface area (Å²) in [6.45, 7) is 0.644. The SMILES string of the molecule is COc1nccnc1NCc1cccc(CO)c1. The van der Waals surface area contributed by atoms with E-state index in [0.29, 0.717) is 18.2 Å². The van der Waals surface area contributed by atoms with E-state index in [1.54, 1.807) is 19.5 Å². The van der Waals surface area contributed by atoms with Gasteiger partial charge in [-0.05, 0) is 11.1 Å². The second-order valence-corrected chi connectivity index (χ2v) is 3.75. The molecule has 1 heterocycles. The van der Waals surface area contributed by atoms with Crippen molar-refractivity contribution in [1.82, 2.24) is 9.97 Å². The molecule has 0 unspecified atom stereocenters. The molecule has 1 aromatic carbocycles. The molecule has 2 N–H and O–H groups in total. The number of benzene rings is 1. The Balaban J connectivity index is 2.06. The lowest BCUT2D eigenvalue weighted by Gasteiger charge is -2.09. The molecule has 0 spiro atoms. The van der Waals surface area contributed by atoms with E-state index in [9.17, 15) is 0 Å². The first-order chi connectivity index (χ1) is 8.83. The zero-order valence-corrected chi connectivity index (χ0v) is 10.1. The second kappa shape index (κ2) is 5.97. The van der Waals surface area contributed by atoms with Gasteiger partial charge in [0.1, 0.15) is 0 Å². The average molecular weight is 245 g/mol. The van der Waals surface area contributed by atoms with Crippen LogP contribution in [0.1, 0.15) is 11.1 Å². The zero-order valence-electron chi connectivity index (χ0n) is 10.1. The van der Waals surface area contributed by atoms with Crippen molar-refractivity contribution >= 4 is 5.82 Å². The highest BCUT2D eigenvalue weighted by molar-refractivity contribution is 5.45. The highest BCUT2D eigenvalue weighted by Crippen LogP contribution is 2.17. The van der Waals surface area contributed by atoms with Gasteiger partial charge in [0.2, 0.25) is 0 Å². The van der Waals surface area contributed by atoms with Crippen molar-refractivity contribution in [3.63, 3.8) is 0 Å². The molecule has 2 aromatic rings. The van der Waals surface area contributed by atoms with Gasteiger partial charge in [0.05, 0.1) is 13.7 Å². The van der Waals surface area contributed by atoms with Gasteiger partial charge >= 0.3 is 0 Å². The molecule has 0 aliphatic heterocycles. The molecule has 1 aromatic heterocycles. The van der Waals surface area contributed by atoms with Gasteiger partial charge in [0.15, 0.2) is 5.82 Å². The van der Waals surface area contributed by atoms with Crippen LogP contribution in [0, 0.1) is 0 Å². The highest BCUT2D eigenvalue weighted by Gasteiger charge is 2.04. The third kappa shape index (κ3) is 2.95. The van der Waals surface area contributed by atoms with E-state index in [-0.39, 0.29) is 6.61 Å². The lowest BCUT2D eigenvalue weighted by Crippen LogP contribution is -2.04. The fourth-order valence-electron chi connectivity index (χ4n) is 1.62. The molecule has 0 atom stereocenters. The fourth-order valence-corrected chi connectivity index (χ4v) is 1.62. The molecule has 0 bridgehead atoms. The van der Waals surface area contributed by atoms with Crippen LogP contribution in [0.25, 0.3) is 0 Å². The first kappa shape index (κ1) is 12.3. The first-order valence-corrected chi connectivity index (χ1v) is 5.61. The Morgan fingerprint density at radius 2 is 2.00 bits per heavy atom. The Kier molecular flexibility index (Phi) is 4.09. The van der Waals surface area contributed by atoms with Crippen molar-refractivity contribution in [1.29, 1.82) is 0 Å². The summed E-state index contributed by atoms with van der Waals surface area (Å²) in [5.41, 5.74) is 1.95. The van der Waals surface area contributed by atoms with Gasteiger partial charge in [0, 0.05) is 18.9 Å². The molecule has 5 heteroatoms. The summed E-state index contributed by atoms with van der Waals surface area (Å²) in [5, 5.41) is 12.2. The molecule has 0 saturated carbocycles. The molecule has 0 amide bonds. The quantitative estimate of drug-likeness (QED) is 0.837. The normalized spacial score (nSPS) is 10.1. The van der Waals surface area contributed by atoms with Gasteiger partial charge in [-0.3, -0.25) is 0 Å². The van der Waals surface area contributed by atoms with Crippen LogP contribution in [-0.4, -0.2) is 22.2 Å². The Hall–Kier alpha value is -2.14. The monoisotopic (exact) mass is 245 g/mol. The van der Waals surface area contributed by atoms with E-state index in [1.165, 1.54) is 0 Å². The van der Waals surface area contributed by atoms with E-state index < -0.39 is 0 Å². The fraction of sp³-hybridized carbons (Fsp3) is 0.231. The van der Waals surface area contributed by atoms with Crippen molar-refractivity contribution in [3.8, 4) is 5.88 Å². The maximum absolute atomic E-state index is 9.07. The molecule has 0 radical (unpaired) electrons. The summed E-state index contributed by atoms with van der Waals surface area (Å²) in [6, 6.07) is 7.72. The number of nitrogens with one attached hydrogen (secondary N) is 1. The Labute approximate surface area is 105 Å². The molecule has 0 aliphatic rings. The van der Waals surface area contributed by atoms with Crippen LogP contribution in [0.5, 0.6) is 5.88 Å². The summed E-state index contributed by atoms with van der Waals surface area (Å²) in [4.78, 5) is 8.22. The Morgan fingerprint density at radius 3 is 2.78 bits per heavy atom. The summed E-state index contributed by atoms with van der Waals surface area (Å²) in [7, 11) is 1.56. The molecule has 94 valence electrons. The van der Waals surface area contributed by atoms with Crippen LogP contribution in [0.15, 0.2) is 36.7 Å². The van der Waals surface area contributed by atoms with Crippen LogP contribution < -0.4 is 10.1 Å². The van der Waals surface area contributed by atoms with E-state index >= 15 is 0 Å². The molecular formula is C13H15N3O2. The van der Waals surface area contributed by atoms with Crippen LogP contribution >= 0.6 is 0 Å². The van der Waals surface area contributed by atoms with Crippen molar-refractivity contribution in [2.24, 2.45) is 0 Å². The Morgan fingerprint density at radius 1 is 1.22 bits per heavy atom. The van der Waals surface area contributed by atoms with Crippen molar-refractivity contribution in [3.05, 3.63) is 47.8 Å². The predicted octanol–water partition coefficient (Wildman–Crippen LogP) is 1.59. The summed E-state index contributed by atoms with van der Waals surface area (Å²) in [6.07, 6.45) is 3.19. The third-order valence-corrected chi connectivity index (χ3v) is 2.49. The topological polar surface area (TPSA) is 67.3 Å². The summed E-state index contributed by atoms with van der Waals surface area (Å²) >= 11 is 0. The van der Waals surface area contributed by atoms with Crippen LogP contribution in [-0.2, 0) is 13.2 Å².